The molecule has 0 aliphatic carbocycles. The molecule has 88 valence electrons. The van der Waals surface area contributed by atoms with Gasteiger partial charge in [-0.3, -0.25) is 0 Å². The molecule has 0 saturated heterocycles. The highest BCUT2D eigenvalue weighted by Gasteiger charge is 2.00. The van der Waals surface area contributed by atoms with Gasteiger partial charge in [-0.25, -0.2) is 4.79 Å². The molecule has 0 bridgehead atoms. The van der Waals surface area contributed by atoms with E-state index in [2.05, 4.69) is 22.1 Å². The minimum absolute atomic E-state index is 0.161. The lowest BCUT2D eigenvalue weighted by atomic mass is 10.2. The first-order chi connectivity index (χ1) is 8.34. The van der Waals surface area contributed by atoms with E-state index in [-0.39, 0.29) is 6.03 Å². The third kappa shape index (κ3) is 3.92. The molecule has 0 saturated carbocycles. The summed E-state index contributed by atoms with van der Waals surface area (Å²) < 4.78 is 0. The number of amides is 2. The Labute approximate surface area is 104 Å². The molecule has 0 aliphatic rings. The van der Waals surface area contributed by atoms with Crippen LogP contribution >= 0.6 is 11.3 Å². The Morgan fingerprint density at radius 2 is 2.00 bits per heavy atom. The Morgan fingerprint density at radius 3 is 2.71 bits per heavy atom. The highest BCUT2D eigenvalue weighted by atomic mass is 32.1. The summed E-state index contributed by atoms with van der Waals surface area (Å²) in [4.78, 5) is 11.5. The second-order valence-corrected chi connectivity index (χ2v) is 4.41. The number of carbonyl (C=O) groups is 1. The third-order valence-electron chi connectivity index (χ3n) is 2.31. The van der Waals surface area contributed by atoms with Crippen LogP contribution in [0.4, 0.5) is 10.5 Å². The van der Waals surface area contributed by atoms with Crippen LogP contribution in [0.5, 0.6) is 0 Å². The van der Waals surface area contributed by atoms with Crippen molar-refractivity contribution in [3.63, 3.8) is 0 Å². The lowest BCUT2D eigenvalue weighted by Gasteiger charge is -2.06. The van der Waals surface area contributed by atoms with Crippen LogP contribution in [0.25, 0.3) is 0 Å². The fraction of sp³-hybridized carbons (Fsp3) is 0.154. The lowest BCUT2D eigenvalue weighted by Crippen LogP contribution is -2.30. The van der Waals surface area contributed by atoms with E-state index in [4.69, 9.17) is 0 Å². The molecular weight excluding hydrogens is 232 g/mol. The van der Waals surface area contributed by atoms with Crippen LogP contribution in [-0.2, 0) is 6.42 Å². The van der Waals surface area contributed by atoms with Crippen LogP contribution in [0, 0.1) is 0 Å². The molecule has 4 heteroatoms. The molecule has 1 heterocycles. The highest BCUT2D eigenvalue weighted by molar-refractivity contribution is 7.07. The van der Waals surface area contributed by atoms with Gasteiger partial charge in [0.2, 0.25) is 0 Å². The zero-order valence-electron chi connectivity index (χ0n) is 9.35. The highest BCUT2D eigenvalue weighted by Crippen LogP contribution is 2.06. The number of benzene rings is 1. The van der Waals surface area contributed by atoms with Gasteiger partial charge in [-0.05, 0) is 40.9 Å². The van der Waals surface area contributed by atoms with Crippen LogP contribution in [0.15, 0.2) is 47.2 Å². The van der Waals surface area contributed by atoms with Gasteiger partial charge < -0.3 is 10.6 Å². The first kappa shape index (κ1) is 11.7. The molecule has 0 spiro atoms. The van der Waals surface area contributed by atoms with Gasteiger partial charge in [0, 0.05) is 12.2 Å². The molecule has 0 radical (unpaired) electrons. The van der Waals surface area contributed by atoms with Gasteiger partial charge in [-0.2, -0.15) is 11.3 Å². The molecule has 0 aliphatic heterocycles. The molecule has 3 nitrogen and oxygen atoms in total. The molecule has 0 atom stereocenters. The summed E-state index contributed by atoms with van der Waals surface area (Å²) in [7, 11) is 0. The lowest BCUT2D eigenvalue weighted by molar-refractivity contribution is 0.252. The number of urea groups is 1. The fourth-order valence-electron chi connectivity index (χ4n) is 1.45. The van der Waals surface area contributed by atoms with Crippen LogP contribution in [-0.4, -0.2) is 12.6 Å². The van der Waals surface area contributed by atoms with E-state index in [0.29, 0.717) is 6.54 Å². The predicted octanol–water partition coefficient (Wildman–Crippen LogP) is 3.11. The smallest absolute Gasteiger partial charge is 0.319 e. The van der Waals surface area contributed by atoms with E-state index < -0.39 is 0 Å². The van der Waals surface area contributed by atoms with Gasteiger partial charge in [0.1, 0.15) is 0 Å². The Bertz CT molecular complexity index is 454. The van der Waals surface area contributed by atoms with Crippen molar-refractivity contribution < 1.29 is 4.79 Å². The van der Waals surface area contributed by atoms with Crippen molar-refractivity contribution in [2.45, 2.75) is 6.42 Å². The Balaban J connectivity index is 1.71. The first-order valence-electron chi connectivity index (χ1n) is 5.45. The van der Waals surface area contributed by atoms with Crippen LogP contribution in [0.1, 0.15) is 5.56 Å². The molecule has 17 heavy (non-hydrogen) atoms. The summed E-state index contributed by atoms with van der Waals surface area (Å²) in [6, 6.07) is 11.3. The van der Waals surface area contributed by atoms with E-state index in [1.807, 2.05) is 35.7 Å². The summed E-state index contributed by atoms with van der Waals surface area (Å²) >= 11 is 1.67. The van der Waals surface area contributed by atoms with E-state index in [9.17, 15) is 4.79 Å². The van der Waals surface area contributed by atoms with Gasteiger partial charge in [-0.1, -0.05) is 18.2 Å². The van der Waals surface area contributed by atoms with E-state index in [1.54, 1.807) is 11.3 Å². The maximum atomic E-state index is 11.5. The van der Waals surface area contributed by atoms with Gasteiger partial charge in [0.25, 0.3) is 0 Å². The van der Waals surface area contributed by atoms with Crippen LogP contribution in [0.2, 0.25) is 0 Å². The molecule has 2 N–H and O–H groups in total. The number of hydrogen-bond acceptors (Lipinski definition) is 2. The first-order valence-corrected chi connectivity index (χ1v) is 6.40. The normalized spacial score (nSPS) is 9.88. The topological polar surface area (TPSA) is 41.1 Å². The van der Waals surface area contributed by atoms with E-state index in [1.165, 1.54) is 5.56 Å². The summed E-state index contributed by atoms with van der Waals surface area (Å²) in [5, 5.41) is 9.73. The zero-order valence-corrected chi connectivity index (χ0v) is 10.2. The average Bonchev–Trinajstić information content (AvgIpc) is 2.83. The standard InChI is InChI=1S/C13H14N2OS/c16-13(15-12-4-2-1-3-5-12)14-8-6-11-7-9-17-10-11/h1-5,7,9-10H,6,8H2,(H2,14,15,16). The van der Waals surface area contributed by atoms with E-state index >= 15 is 0 Å². The minimum Gasteiger partial charge on any atom is -0.338 e. The molecule has 0 unspecified atom stereocenters. The number of anilines is 1. The monoisotopic (exact) mass is 246 g/mol. The molecule has 2 amide bonds. The molecular formula is C13H14N2OS. The number of rotatable bonds is 4. The summed E-state index contributed by atoms with van der Waals surface area (Å²) in [5.41, 5.74) is 2.07. The maximum absolute atomic E-state index is 11.5. The summed E-state index contributed by atoms with van der Waals surface area (Å²) in [5.74, 6) is 0. The molecule has 2 aromatic rings. The van der Waals surface area contributed by atoms with Crippen LogP contribution in [0.3, 0.4) is 0 Å². The van der Waals surface area contributed by atoms with Crippen molar-refractivity contribution in [1.29, 1.82) is 0 Å². The third-order valence-corrected chi connectivity index (χ3v) is 3.04. The summed E-state index contributed by atoms with van der Waals surface area (Å²) in [6.45, 7) is 0.648. The van der Waals surface area contributed by atoms with Gasteiger partial charge in [0.05, 0.1) is 0 Å². The van der Waals surface area contributed by atoms with Gasteiger partial charge >= 0.3 is 6.03 Å². The van der Waals surface area contributed by atoms with Crippen molar-refractivity contribution in [1.82, 2.24) is 5.32 Å². The number of thiophene rings is 1. The Morgan fingerprint density at radius 1 is 1.18 bits per heavy atom. The number of para-hydroxylation sites is 1. The van der Waals surface area contributed by atoms with Gasteiger partial charge in [-0.15, -0.1) is 0 Å². The minimum atomic E-state index is -0.161. The quantitative estimate of drug-likeness (QED) is 0.855. The Hall–Kier alpha value is -1.81. The Kier molecular flexibility index (Phi) is 4.16. The molecule has 1 aromatic carbocycles. The maximum Gasteiger partial charge on any atom is 0.319 e. The van der Waals surface area contributed by atoms with Crippen LogP contribution < -0.4 is 10.6 Å². The zero-order chi connectivity index (χ0) is 11.9. The SMILES string of the molecule is O=C(NCCc1ccsc1)Nc1ccccc1. The summed E-state index contributed by atoms with van der Waals surface area (Å²) in [6.07, 6.45) is 0.867. The van der Waals surface area contributed by atoms with Gasteiger partial charge in [0.15, 0.2) is 0 Å². The second kappa shape index (κ2) is 6.06. The van der Waals surface area contributed by atoms with Crippen molar-refractivity contribution in [3.8, 4) is 0 Å². The van der Waals surface area contributed by atoms with Crippen molar-refractivity contribution in [3.05, 3.63) is 52.7 Å². The average molecular weight is 246 g/mol. The fourth-order valence-corrected chi connectivity index (χ4v) is 2.16. The predicted molar refractivity (Wildman–Crippen MR) is 71.5 cm³/mol. The van der Waals surface area contributed by atoms with Crippen molar-refractivity contribution in [2.75, 3.05) is 11.9 Å². The van der Waals surface area contributed by atoms with E-state index in [0.717, 1.165) is 12.1 Å². The molecule has 2 rings (SSSR count). The van der Waals surface area contributed by atoms with Crippen molar-refractivity contribution >= 4 is 23.1 Å². The largest absolute Gasteiger partial charge is 0.338 e. The molecule has 1 aromatic heterocycles. The number of carbonyl (C=O) groups excluding carboxylic acids is 1. The molecule has 0 fully saturated rings. The number of nitrogens with one attached hydrogen (secondary N) is 2. The second-order valence-electron chi connectivity index (χ2n) is 3.63. The van der Waals surface area contributed by atoms with Crippen molar-refractivity contribution in [2.24, 2.45) is 0 Å². The number of hydrogen-bond donors (Lipinski definition) is 2.